The van der Waals surface area contributed by atoms with Gasteiger partial charge in [0.2, 0.25) is 0 Å². The van der Waals surface area contributed by atoms with Gasteiger partial charge in [-0.05, 0) is 31.2 Å². The molecule has 0 bridgehead atoms. The van der Waals surface area contributed by atoms with E-state index >= 15 is 0 Å². The molecule has 4 rings (SSSR count). The Morgan fingerprint density at radius 3 is 1.78 bits per heavy atom. The average molecular weight is 570 g/mol. The summed E-state index contributed by atoms with van der Waals surface area (Å²) < 4.78 is 27.3. The molecule has 4 aromatic rings. The SMILES string of the molecule is CCOC(=O)c1coc2c(OC)cc(Br)cc12.COc1cc(Br)cc2c(C(=O)O)coc12. The van der Waals surface area contributed by atoms with Crippen molar-refractivity contribution in [1.82, 2.24) is 0 Å². The molecule has 10 heteroatoms. The van der Waals surface area contributed by atoms with Crippen LogP contribution in [0.5, 0.6) is 11.5 Å². The van der Waals surface area contributed by atoms with E-state index in [0.29, 0.717) is 45.6 Å². The van der Waals surface area contributed by atoms with E-state index in [4.69, 9.17) is 28.2 Å². The Bertz CT molecular complexity index is 1290. The normalized spacial score (nSPS) is 10.5. The topological polar surface area (TPSA) is 108 Å². The summed E-state index contributed by atoms with van der Waals surface area (Å²) in [5, 5.41) is 10.1. The monoisotopic (exact) mass is 568 g/mol. The van der Waals surface area contributed by atoms with Crippen LogP contribution in [0.25, 0.3) is 21.9 Å². The molecule has 8 nitrogen and oxygen atoms in total. The highest BCUT2D eigenvalue weighted by molar-refractivity contribution is 9.10. The van der Waals surface area contributed by atoms with Gasteiger partial charge >= 0.3 is 11.9 Å². The number of carboxylic acids is 1. The van der Waals surface area contributed by atoms with Crippen molar-refractivity contribution in [3.63, 3.8) is 0 Å². The van der Waals surface area contributed by atoms with Crippen molar-refractivity contribution in [2.24, 2.45) is 0 Å². The van der Waals surface area contributed by atoms with Crippen molar-refractivity contribution >= 4 is 65.7 Å². The molecule has 0 aliphatic carbocycles. The van der Waals surface area contributed by atoms with E-state index in [2.05, 4.69) is 31.9 Å². The number of ether oxygens (including phenoxy) is 3. The zero-order valence-electron chi connectivity index (χ0n) is 17.2. The minimum absolute atomic E-state index is 0.129. The number of halogens is 2. The van der Waals surface area contributed by atoms with Crippen molar-refractivity contribution in [3.05, 3.63) is 56.9 Å². The molecule has 0 spiro atoms. The van der Waals surface area contributed by atoms with Gasteiger partial charge in [0, 0.05) is 19.7 Å². The number of methoxy groups -OCH3 is 2. The van der Waals surface area contributed by atoms with Gasteiger partial charge in [-0.15, -0.1) is 0 Å². The van der Waals surface area contributed by atoms with Gasteiger partial charge in [0.05, 0.1) is 20.8 Å². The fourth-order valence-corrected chi connectivity index (χ4v) is 3.85. The first-order valence-corrected chi connectivity index (χ1v) is 10.8. The number of furan rings is 2. The molecule has 0 saturated heterocycles. The molecule has 2 heterocycles. The van der Waals surface area contributed by atoms with E-state index in [9.17, 15) is 9.59 Å². The van der Waals surface area contributed by atoms with Gasteiger partial charge in [-0.25, -0.2) is 9.59 Å². The number of hydrogen-bond acceptors (Lipinski definition) is 7. The molecule has 0 radical (unpaired) electrons. The molecule has 0 saturated carbocycles. The first-order valence-electron chi connectivity index (χ1n) is 9.20. The summed E-state index contributed by atoms with van der Waals surface area (Å²) in [7, 11) is 3.05. The second kappa shape index (κ2) is 10.1. The second-order valence-corrected chi connectivity index (χ2v) is 8.13. The van der Waals surface area contributed by atoms with Gasteiger partial charge in [0.25, 0.3) is 0 Å². The molecule has 0 fully saturated rings. The molecular weight excluding hydrogens is 552 g/mol. The molecule has 32 heavy (non-hydrogen) atoms. The number of aromatic carboxylic acids is 1. The van der Waals surface area contributed by atoms with Gasteiger partial charge in [-0.1, -0.05) is 31.9 Å². The highest BCUT2D eigenvalue weighted by atomic mass is 79.9. The molecule has 0 aliphatic heterocycles. The van der Waals surface area contributed by atoms with Crippen molar-refractivity contribution in [2.45, 2.75) is 6.92 Å². The summed E-state index contributed by atoms with van der Waals surface area (Å²) in [4.78, 5) is 22.6. The first-order chi connectivity index (χ1) is 15.3. The van der Waals surface area contributed by atoms with E-state index in [1.165, 1.54) is 19.6 Å². The maximum absolute atomic E-state index is 11.7. The van der Waals surface area contributed by atoms with Crippen LogP contribution >= 0.6 is 31.9 Å². The van der Waals surface area contributed by atoms with Gasteiger partial charge < -0.3 is 28.2 Å². The van der Waals surface area contributed by atoms with Crippen LogP contribution in [0.1, 0.15) is 27.6 Å². The average Bonchev–Trinajstić information content (AvgIpc) is 3.37. The van der Waals surface area contributed by atoms with Crippen LogP contribution in [0.15, 0.2) is 54.6 Å². The number of fused-ring (bicyclic) bond motifs is 2. The van der Waals surface area contributed by atoms with E-state index in [1.807, 2.05) is 0 Å². The molecule has 2 aromatic carbocycles. The zero-order valence-corrected chi connectivity index (χ0v) is 20.4. The molecule has 0 aliphatic rings. The van der Waals surface area contributed by atoms with Crippen molar-refractivity contribution in [1.29, 1.82) is 0 Å². The Labute approximate surface area is 199 Å². The molecule has 168 valence electrons. The summed E-state index contributed by atoms with van der Waals surface area (Å²) >= 11 is 6.63. The van der Waals surface area contributed by atoms with Crippen LogP contribution in [0.3, 0.4) is 0 Å². The summed E-state index contributed by atoms with van der Waals surface area (Å²) in [6, 6.07) is 6.98. The molecule has 0 amide bonds. The molecular formula is C22H18Br2O8. The Morgan fingerprint density at radius 1 is 0.875 bits per heavy atom. The van der Waals surface area contributed by atoms with Crippen LogP contribution in [-0.4, -0.2) is 37.9 Å². The third-order valence-electron chi connectivity index (χ3n) is 4.37. The Hall–Kier alpha value is -2.98. The van der Waals surface area contributed by atoms with Crippen LogP contribution in [-0.2, 0) is 4.74 Å². The molecule has 2 aromatic heterocycles. The van der Waals surface area contributed by atoms with Crippen LogP contribution < -0.4 is 9.47 Å². The summed E-state index contributed by atoms with van der Waals surface area (Å²) in [6.45, 7) is 2.09. The number of carboxylic acid groups (broad SMARTS) is 1. The van der Waals surface area contributed by atoms with E-state index in [-0.39, 0.29) is 5.56 Å². The number of rotatable bonds is 5. The smallest absolute Gasteiger partial charge is 0.342 e. The number of esters is 1. The van der Waals surface area contributed by atoms with Crippen LogP contribution in [0.2, 0.25) is 0 Å². The highest BCUT2D eigenvalue weighted by Crippen LogP contribution is 2.34. The van der Waals surface area contributed by atoms with Gasteiger partial charge in [0.15, 0.2) is 22.7 Å². The summed E-state index contributed by atoms with van der Waals surface area (Å²) in [5.74, 6) is -0.336. The quantitative estimate of drug-likeness (QED) is 0.280. The maximum atomic E-state index is 11.7. The Morgan fingerprint density at radius 2 is 1.34 bits per heavy atom. The number of carbonyl (C=O) groups is 2. The summed E-state index contributed by atoms with van der Waals surface area (Å²) in [6.07, 6.45) is 2.60. The van der Waals surface area contributed by atoms with E-state index < -0.39 is 11.9 Å². The maximum Gasteiger partial charge on any atom is 0.342 e. The van der Waals surface area contributed by atoms with Crippen LogP contribution in [0.4, 0.5) is 0 Å². The fourth-order valence-electron chi connectivity index (χ4n) is 2.98. The molecule has 1 N–H and O–H groups in total. The highest BCUT2D eigenvalue weighted by Gasteiger charge is 2.18. The number of hydrogen-bond donors (Lipinski definition) is 1. The fraction of sp³-hybridized carbons (Fsp3) is 0.182. The minimum atomic E-state index is -1.02. The first kappa shape index (κ1) is 23.7. The Balaban J connectivity index is 0.000000182. The largest absolute Gasteiger partial charge is 0.493 e. The zero-order chi connectivity index (χ0) is 23.4. The minimum Gasteiger partial charge on any atom is -0.493 e. The van der Waals surface area contributed by atoms with Crippen molar-refractivity contribution < 1.29 is 37.7 Å². The standard InChI is InChI=1S/C12H11BrO4.C10H7BrO4/c1-3-16-12(14)9-6-17-11-8(9)4-7(13)5-10(11)15-2;1-14-8-3-5(11)2-6-7(10(12)13)4-15-9(6)8/h4-6H,3H2,1-2H3;2-4H,1H3,(H,12,13). The third-order valence-corrected chi connectivity index (χ3v) is 5.29. The Kier molecular flexibility index (Phi) is 7.47. The predicted molar refractivity (Wildman–Crippen MR) is 124 cm³/mol. The predicted octanol–water partition coefficient (Wildman–Crippen LogP) is 6.28. The molecule has 0 atom stereocenters. The lowest BCUT2D eigenvalue weighted by molar-refractivity contribution is 0.0527. The van der Waals surface area contributed by atoms with Gasteiger partial charge in [-0.2, -0.15) is 0 Å². The lowest BCUT2D eigenvalue weighted by Crippen LogP contribution is -2.03. The van der Waals surface area contributed by atoms with Crippen molar-refractivity contribution in [2.75, 3.05) is 20.8 Å². The lowest BCUT2D eigenvalue weighted by Gasteiger charge is -2.02. The lowest BCUT2D eigenvalue weighted by atomic mass is 10.1. The van der Waals surface area contributed by atoms with E-state index in [0.717, 1.165) is 8.95 Å². The van der Waals surface area contributed by atoms with Gasteiger partial charge in [-0.3, -0.25) is 0 Å². The third kappa shape index (κ3) is 4.76. The number of benzene rings is 2. The van der Waals surface area contributed by atoms with Crippen molar-refractivity contribution in [3.8, 4) is 11.5 Å². The van der Waals surface area contributed by atoms with Gasteiger partial charge in [0.1, 0.15) is 23.7 Å². The summed E-state index contributed by atoms with van der Waals surface area (Å²) in [5.41, 5.74) is 1.52. The van der Waals surface area contributed by atoms with Crippen LogP contribution in [0, 0.1) is 0 Å². The second-order valence-electron chi connectivity index (χ2n) is 6.29. The molecule has 0 unspecified atom stereocenters. The van der Waals surface area contributed by atoms with E-state index in [1.54, 1.807) is 38.3 Å². The number of carbonyl (C=O) groups excluding carboxylic acids is 1.